The predicted octanol–water partition coefficient (Wildman–Crippen LogP) is 1.75. The molecule has 1 aliphatic carbocycles. The van der Waals surface area contributed by atoms with Crippen molar-refractivity contribution < 1.29 is 13.2 Å². The summed E-state index contributed by atoms with van der Waals surface area (Å²) in [5, 5.41) is 8.80. The van der Waals surface area contributed by atoms with Crippen molar-refractivity contribution in [1.82, 2.24) is 4.31 Å². The minimum atomic E-state index is -3.48. The quantitative estimate of drug-likeness (QED) is 0.831. The Morgan fingerprint density at radius 1 is 1.24 bits per heavy atom. The molecule has 0 aromatic heterocycles. The van der Waals surface area contributed by atoms with Crippen molar-refractivity contribution >= 4 is 10.0 Å². The van der Waals surface area contributed by atoms with Crippen LogP contribution in [0.2, 0.25) is 0 Å². The van der Waals surface area contributed by atoms with Gasteiger partial charge in [-0.1, -0.05) is 0 Å². The van der Waals surface area contributed by atoms with Gasteiger partial charge in [0, 0.05) is 19.2 Å². The number of hydrogen-bond acceptors (Lipinski definition) is 4. The van der Waals surface area contributed by atoms with E-state index in [0.717, 1.165) is 25.9 Å². The molecular weight excluding hydrogens is 288 g/mol. The van der Waals surface area contributed by atoms with E-state index in [1.807, 2.05) is 6.07 Å². The lowest BCUT2D eigenvalue weighted by Gasteiger charge is -2.24. The second kappa shape index (κ2) is 5.76. The fourth-order valence-corrected chi connectivity index (χ4v) is 4.39. The average molecular weight is 306 g/mol. The van der Waals surface area contributed by atoms with Crippen LogP contribution in [-0.4, -0.2) is 38.5 Å². The monoisotopic (exact) mass is 306 g/mol. The van der Waals surface area contributed by atoms with Crippen LogP contribution in [-0.2, 0) is 14.8 Å². The van der Waals surface area contributed by atoms with Crippen LogP contribution in [0, 0.1) is 17.2 Å². The summed E-state index contributed by atoms with van der Waals surface area (Å²) in [6.07, 6.45) is 2.79. The zero-order valence-electron chi connectivity index (χ0n) is 11.7. The highest BCUT2D eigenvalue weighted by Gasteiger charge is 2.39. The maximum Gasteiger partial charge on any atom is 0.243 e. The summed E-state index contributed by atoms with van der Waals surface area (Å²) in [7, 11) is -3.48. The van der Waals surface area contributed by atoms with Crippen LogP contribution < -0.4 is 0 Å². The second-order valence-electron chi connectivity index (χ2n) is 5.67. The number of sulfonamides is 1. The van der Waals surface area contributed by atoms with Crippen molar-refractivity contribution in [2.45, 2.75) is 30.2 Å². The van der Waals surface area contributed by atoms with E-state index >= 15 is 0 Å². The number of rotatable bonds is 5. The molecule has 0 bridgehead atoms. The van der Waals surface area contributed by atoms with Crippen LogP contribution in [0.25, 0.3) is 0 Å². The highest BCUT2D eigenvalue weighted by molar-refractivity contribution is 7.89. The standard InChI is InChI=1S/C15H18N2O3S/c16-9-12-1-5-15(6-2-12)21(18,19)17(14-3-4-14)10-13-7-8-20-11-13/h1-2,5-6,13-14H,3-4,7-8,10-11H2/t13-/m0/s1. The molecule has 0 N–H and O–H groups in total. The molecule has 1 atom stereocenters. The number of benzene rings is 1. The van der Waals surface area contributed by atoms with Crippen molar-refractivity contribution in [2.24, 2.45) is 5.92 Å². The van der Waals surface area contributed by atoms with E-state index in [4.69, 9.17) is 10.00 Å². The first kappa shape index (κ1) is 14.5. The van der Waals surface area contributed by atoms with Gasteiger partial charge in [0.2, 0.25) is 10.0 Å². The number of ether oxygens (including phenoxy) is 1. The van der Waals surface area contributed by atoms with Crippen LogP contribution in [0.4, 0.5) is 0 Å². The fraction of sp³-hybridized carbons (Fsp3) is 0.533. The molecule has 21 heavy (non-hydrogen) atoms. The molecule has 1 saturated carbocycles. The van der Waals surface area contributed by atoms with E-state index in [2.05, 4.69) is 0 Å². The van der Waals surface area contributed by atoms with E-state index < -0.39 is 10.0 Å². The molecule has 1 heterocycles. The van der Waals surface area contributed by atoms with Gasteiger partial charge >= 0.3 is 0 Å². The van der Waals surface area contributed by atoms with Gasteiger partial charge in [0.05, 0.1) is 23.1 Å². The molecule has 0 amide bonds. The van der Waals surface area contributed by atoms with Gasteiger partial charge in [0.15, 0.2) is 0 Å². The average Bonchev–Trinajstić information content (AvgIpc) is 3.20. The van der Waals surface area contributed by atoms with Gasteiger partial charge in [-0.3, -0.25) is 0 Å². The maximum atomic E-state index is 12.8. The summed E-state index contributed by atoms with van der Waals surface area (Å²) in [5.41, 5.74) is 0.469. The third-order valence-corrected chi connectivity index (χ3v) is 5.94. The predicted molar refractivity (Wildman–Crippen MR) is 77.0 cm³/mol. The molecule has 2 aliphatic rings. The Bertz CT molecular complexity index is 638. The fourth-order valence-electron chi connectivity index (χ4n) is 2.62. The topological polar surface area (TPSA) is 70.4 Å². The Kier molecular flexibility index (Phi) is 3.98. The summed E-state index contributed by atoms with van der Waals surface area (Å²) in [6.45, 7) is 1.90. The largest absolute Gasteiger partial charge is 0.381 e. The molecule has 2 fully saturated rings. The maximum absolute atomic E-state index is 12.8. The molecule has 1 aliphatic heterocycles. The first-order valence-electron chi connectivity index (χ1n) is 7.21. The first-order chi connectivity index (χ1) is 10.1. The van der Waals surface area contributed by atoms with Gasteiger partial charge in [0.1, 0.15) is 0 Å². The van der Waals surface area contributed by atoms with Crippen LogP contribution >= 0.6 is 0 Å². The van der Waals surface area contributed by atoms with Crippen LogP contribution in [0.5, 0.6) is 0 Å². The van der Waals surface area contributed by atoms with Gasteiger partial charge in [-0.25, -0.2) is 8.42 Å². The van der Waals surface area contributed by atoms with Gasteiger partial charge in [-0.05, 0) is 49.4 Å². The Balaban J connectivity index is 1.83. The van der Waals surface area contributed by atoms with E-state index in [9.17, 15) is 8.42 Å². The SMILES string of the molecule is N#Cc1ccc(S(=O)(=O)N(C[C@@H]2CCOC2)C2CC2)cc1. The molecule has 1 aromatic rings. The molecule has 0 radical (unpaired) electrons. The van der Waals surface area contributed by atoms with Gasteiger partial charge in [-0.2, -0.15) is 9.57 Å². The normalized spacial score (nSPS) is 22.4. The number of nitriles is 1. The van der Waals surface area contributed by atoms with Gasteiger partial charge in [-0.15, -0.1) is 0 Å². The molecule has 0 spiro atoms. The zero-order chi connectivity index (χ0) is 14.9. The Morgan fingerprint density at radius 2 is 1.95 bits per heavy atom. The third kappa shape index (κ3) is 3.10. The summed E-state index contributed by atoms with van der Waals surface area (Å²) in [6, 6.07) is 8.28. The number of hydrogen-bond donors (Lipinski definition) is 0. The lowest BCUT2D eigenvalue weighted by atomic mass is 10.1. The minimum absolute atomic E-state index is 0.131. The summed E-state index contributed by atoms with van der Waals surface area (Å²) >= 11 is 0. The van der Waals surface area contributed by atoms with E-state index in [-0.39, 0.29) is 10.9 Å². The van der Waals surface area contributed by atoms with Crippen LogP contribution in [0.15, 0.2) is 29.2 Å². The zero-order valence-corrected chi connectivity index (χ0v) is 12.6. The molecule has 1 saturated heterocycles. The van der Waals surface area contributed by atoms with Gasteiger partial charge in [0.25, 0.3) is 0 Å². The molecule has 6 heteroatoms. The van der Waals surface area contributed by atoms with Crippen molar-refractivity contribution in [1.29, 1.82) is 5.26 Å². The van der Waals surface area contributed by atoms with Crippen molar-refractivity contribution in [3.05, 3.63) is 29.8 Å². The summed E-state index contributed by atoms with van der Waals surface area (Å²) < 4.78 is 32.6. The molecule has 112 valence electrons. The summed E-state index contributed by atoms with van der Waals surface area (Å²) in [5.74, 6) is 0.291. The molecule has 1 aromatic carbocycles. The van der Waals surface area contributed by atoms with Crippen molar-refractivity contribution in [3.8, 4) is 6.07 Å². The highest BCUT2D eigenvalue weighted by Crippen LogP contribution is 2.33. The third-order valence-electron chi connectivity index (χ3n) is 4.01. The first-order valence-corrected chi connectivity index (χ1v) is 8.65. The van der Waals surface area contributed by atoms with E-state index in [1.54, 1.807) is 16.4 Å². The van der Waals surface area contributed by atoms with Gasteiger partial charge < -0.3 is 4.74 Å². The Labute approximate surface area is 125 Å². The summed E-state index contributed by atoms with van der Waals surface area (Å²) in [4.78, 5) is 0.271. The highest BCUT2D eigenvalue weighted by atomic mass is 32.2. The van der Waals surface area contributed by atoms with Crippen molar-refractivity contribution in [2.75, 3.05) is 19.8 Å². The smallest absolute Gasteiger partial charge is 0.243 e. The molecular formula is C15H18N2O3S. The lowest BCUT2D eigenvalue weighted by molar-refractivity contribution is 0.180. The lowest BCUT2D eigenvalue weighted by Crippen LogP contribution is -2.37. The van der Waals surface area contributed by atoms with Crippen LogP contribution in [0.3, 0.4) is 0 Å². The minimum Gasteiger partial charge on any atom is -0.381 e. The molecule has 0 unspecified atom stereocenters. The second-order valence-corrected chi connectivity index (χ2v) is 7.56. The van der Waals surface area contributed by atoms with E-state index in [0.29, 0.717) is 24.6 Å². The molecule has 5 nitrogen and oxygen atoms in total. The van der Waals surface area contributed by atoms with Crippen molar-refractivity contribution in [3.63, 3.8) is 0 Å². The Hall–Kier alpha value is -1.42. The number of nitrogens with zero attached hydrogens (tertiary/aromatic N) is 2. The van der Waals surface area contributed by atoms with Crippen LogP contribution in [0.1, 0.15) is 24.8 Å². The molecule has 3 rings (SSSR count). The van der Waals surface area contributed by atoms with E-state index in [1.165, 1.54) is 12.1 Å². The Morgan fingerprint density at radius 3 is 2.48 bits per heavy atom.